The van der Waals surface area contributed by atoms with Gasteiger partial charge in [0, 0.05) is 0 Å². The van der Waals surface area contributed by atoms with Gasteiger partial charge in [-0.3, -0.25) is 0 Å². The van der Waals surface area contributed by atoms with Gasteiger partial charge in [0.2, 0.25) is 0 Å². The molecule has 0 unspecified atom stereocenters. The Bertz CT molecular complexity index is 2850. The third kappa shape index (κ3) is 10.3. The first-order valence-electron chi connectivity index (χ1n) is 33.2. The van der Waals surface area contributed by atoms with Crippen molar-refractivity contribution >= 4 is 27.0 Å². The van der Waals surface area contributed by atoms with Crippen LogP contribution in [0.5, 0.6) is 0 Å². The van der Waals surface area contributed by atoms with Crippen molar-refractivity contribution < 1.29 is 48.1 Å². The van der Waals surface area contributed by atoms with Crippen LogP contribution in [0, 0.1) is 94.7 Å². The molecule has 0 nitrogen and oxygen atoms in total. The van der Waals surface area contributed by atoms with Gasteiger partial charge in [-0.1, -0.05) is 71.8 Å². The van der Waals surface area contributed by atoms with Gasteiger partial charge in [-0.25, -0.2) is 0 Å². The molecule has 4 heteroatoms. The van der Waals surface area contributed by atoms with E-state index in [1.165, 1.54) is 146 Å². The molecule has 0 amide bonds. The molecule has 0 aromatic heterocycles. The first-order valence-corrected chi connectivity index (χ1v) is 39.1. The van der Waals surface area contributed by atoms with E-state index in [2.05, 4.69) is 123 Å². The third-order valence-corrected chi connectivity index (χ3v) is 28.8. The Kier molecular flexibility index (Phi) is 15.5. The Labute approximate surface area is 510 Å². The van der Waals surface area contributed by atoms with E-state index in [0.717, 1.165) is 94.7 Å². The second-order valence-electron chi connectivity index (χ2n) is 31.0. The molecule has 6 aromatic carbocycles. The molecular formula is C76H92Cl2SiZr-2. The van der Waals surface area contributed by atoms with Crippen molar-refractivity contribution in [1.82, 2.24) is 0 Å². The van der Waals surface area contributed by atoms with Gasteiger partial charge in [0.1, 0.15) is 0 Å². The molecule has 0 saturated heterocycles. The first-order chi connectivity index (χ1) is 38.1. The topological polar surface area (TPSA) is 0 Å². The molecule has 16 bridgehead atoms. The minimum absolute atomic E-state index is 0. The van der Waals surface area contributed by atoms with Gasteiger partial charge in [-0.05, 0) is 282 Å². The van der Waals surface area contributed by atoms with E-state index in [4.69, 9.17) is 0 Å². The fraction of sp³-hybridized carbons (Fsp3) is 0.605. The quantitative estimate of drug-likeness (QED) is 0.0947. The van der Waals surface area contributed by atoms with Gasteiger partial charge < -0.3 is 24.8 Å². The molecule has 22 rings (SSSR count). The van der Waals surface area contributed by atoms with Gasteiger partial charge in [0.05, 0.1) is 0 Å². The number of hydrogen-bond donors (Lipinski definition) is 0. The maximum absolute atomic E-state index is 2.57. The van der Waals surface area contributed by atoms with Crippen molar-refractivity contribution in [2.45, 2.75) is 191 Å². The normalized spacial score (nSPS) is 38.5. The monoisotopic (exact) mass is 1190 g/mol. The average molecular weight is 1200 g/mol. The summed E-state index contributed by atoms with van der Waals surface area (Å²) in [5.41, 5.74) is 13.5. The summed E-state index contributed by atoms with van der Waals surface area (Å²) in [7, 11) is 0. The largest absolute Gasteiger partial charge is 1.00 e. The van der Waals surface area contributed by atoms with Crippen molar-refractivity contribution in [3.8, 4) is 22.3 Å². The van der Waals surface area contributed by atoms with E-state index in [-0.39, 0.29) is 30.2 Å². The minimum Gasteiger partial charge on any atom is -1.00 e. The van der Waals surface area contributed by atoms with Gasteiger partial charge in [0.15, 0.2) is 0 Å². The third-order valence-electron chi connectivity index (χ3n) is 25.7. The van der Waals surface area contributed by atoms with Crippen molar-refractivity contribution in [2.75, 3.05) is 0 Å². The van der Waals surface area contributed by atoms with E-state index < -0.39 is 0 Å². The van der Waals surface area contributed by atoms with Gasteiger partial charge in [0.25, 0.3) is 0 Å². The zero-order valence-corrected chi connectivity index (χ0v) is 53.7. The summed E-state index contributed by atoms with van der Waals surface area (Å²) in [5, 5.41) is 5.88. The Morgan fingerprint density at radius 2 is 0.738 bits per heavy atom. The zero-order valence-electron chi connectivity index (χ0n) is 48.8. The Morgan fingerprint density at radius 1 is 0.425 bits per heavy atom. The number of hydrogen-bond acceptors (Lipinski definition) is 0. The maximum atomic E-state index is 2.57. The standard InChI is InChI=1S/2C36H41.C4H10Si.2ClH.Zr/c2*1-2-29-12-24(17-34-30-13-22-8-23(15-30)16-31(34)14-22)18-35(29)33(3-1)28-4-6-32(7-5-28)36-19-25-9-26(20-36)11-27(10-25)21-36;1-3-4-5-2;;;/h2*1-7,12,18,22-23,25-27,30-31,34H,8-11,13-17,19-21H2;3-4H2,1-2H3;2*1H;/q2*-1;;;;+2/p-2. The molecule has 0 radical (unpaired) electrons. The molecule has 0 atom stereocenters. The summed E-state index contributed by atoms with van der Waals surface area (Å²) < 4.78 is 0. The van der Waals surface area contributed by atoms with E-state index in [1.807, 2.05) is 0 Å². The van der Waals surface area contributed by atoms with Gasteiger partial charge >= 0.3 is 54.7 Å². The van der Waals surface area contributed by atoms with Crippen LogP contribution in [0.3, 0.4) is 0 Å². The van der Waals surface area contributed by atoms with Crippen molar-refractivity contribution in [1.29, 1.82) is 0 Å². The zero-order chi connectivity index (χ0) is 51.9. The number of benzene rings is 4. The van der Waals surface area contributed by atoms with Crippen LogP contribution in [0.15, 0.2) is 109 Å². The molecule has 6 aromatic rings. The molecule has 80 heavy (non-hydrogen) atoms. The summed E-state index contributed by atoms with van der Waals surface area (Å²) >= 11 is 1.79. The van der Waals surface area contributed by atoms with Crippen molar-refractivity contribution in [2.24, 2.45) is 94.7 Å². The Morgan fingerprint density at radius 3 is 1.02 bits per heavy atom. The van der Waals surface area contributed by atoms with Crippen LogP contribution in [0.1, 0.15) is 177 Å². The van der Waals surface area contributed by atoms with Crippen LogP contribution in [-0.4, -0.2) is 5.43 Å². The summed E-state index contributed by atoms with van der Waals surface area (Å²) in [5.74, 6) is 16.4. The molecule has 0 spiro atoms. The van der Waals surface area contributed by atoms with E-state index >= 15 is 0 Å². The Hall–Kier alpha value is -2.22. The molecule has 420 valence electrons. The molecule has 16 aliphatic carbocycles. The molecule has 16 fully saturated rings. The Balaban J connectivity index is 0.000000128. The fourth-order valence-corrected chi connectivity index (χ4v) is 26.5. The summed E-state index contributed by atoms with van der Waals surface area (Å²) in [4.78, 5) is 0. The van der Waals surface area contributed by atoms with Crippen molar-refractivity contribution in [3.05, 3.63) is 131 Å². The van der Waals surface area contributed by atoms with Crippen LogP contribution < -0.4 is 24.8 Å². The summed E-state index contributed by atoms with van der Waals surface area (Å²) in [6, 6.07) is 45.7. The summed E-state index contributed by atoms with van der Waals surface area (Å²) in [6.45, 7) is 4.66. The van der Waals surface area contributed by atoms with Crippen LogP contribution in [0.25, 0.3) is 43.8 Å². The second kappa shape index (κ2) is 22.2. The van der Waals surface area contributed by atoms with Crippen LogP contribution in [-0.2, 0) is 47.0 Å². The first kappa shape index (κ1) is 55.6. The molecule has 0 N–H and O–H groups in total. The predicted octanol–water partition coefficient (Wildman–Crippen LogP) is 14.2. The predicted molar refractivity (Wildman–Crippen MR) is 325 cm³/mol. The molecular weight excluding hydrogens is 1100 g/mol. The van der Waals surface area contributed by atoms with Crippen LogP contribution in [0.2, 0.25) is 12.6 Å². The second-order valence-corrected chi connectivity index (χ2v) is 39.4. The van der Waals surface area contributed by atoms with E-state index in [0.29, 0.717) is 10.8 Å². The minimum atomic E-state index is 0. The fourth-order valence-electron chi connectivity index (χ4n) is 23.9. The molecule has 16 aliphatic rings. The molecule has 0 heterocycles. The van der Waals surface area contributed by atoms with E-state index in [9.17, 15) is 0 Å². The van der Waals surface area contributed by atoms with Gasteiger partial charge in [-0.2, -0.15) is 12.1 Å². The SMILES string of the molecule is CCC[Si](C)=[Zr+2].[Cl-].[Cl-].c1cc(-c2ccc(C34CC5CC(CC(C5)C3)C4)cc2)c2cc(CC3C4CC5CC(C4)CC3C5)[cH-]c2c1.c1cc(-c2ccc(C34CC5CC(CC(C5)C3)C4)cc2)c2cc(CC3C4CC5CC(C4)CC3C5)[cH-]c2c1. The van der Waals surface area contributed by atoms with Crippen LogP contribution >= 0.6 is 0 Å². The van der Waals surface area contributed by atoms with Gasteiger partial charge in [-0.15, -0.1) is 69.1 Å². The smallest absolute Gasteiger partial charge is 0.00391 e. The molecule has 16 saturated carbocycles. The summed E-state index contributed by atoms with van der Waals surface area (Å²) in [6.07, 6.45) is 37.5. The van der Waals surface area contributed by atoms with Crippen molar-refractivity contribution in [3.63, 3.8) is 0 Å². The number of rotatable bonds is 10. The maximum Gasteiger partial charge on any atom is -0.00391 e. The van der Waals surface area contributed by atoms with E-state index in [1.54, 1.807) is 110 Å². The number of halogens is 2. The number of fused-ring (bicyclic) bond motifs is 2. The average Bonchev–Trinajstić information content (AvgIpc) is 4.11. The molecule has 0 aliphatic heterocycles. The van der Waals surface area contributed by atoms with Crippen LogP contribution in [0.4, 0.5) is 0 Å².